The second-order valence-corrected chi connectivity index (χ2v) is 8.15. The second-order valence-electron chi connectivity index (χ2n) is 8.15. The van der Waals surface area contributed by atoms with E-state index in [1.165, 1.54) is 11.1 Å². The lowest BCUT2D eigenvalue weighted by atomic mass is 9.55. The molecule has 4 atom stereocenters. The molecule has 0 bridgehead atoms. The minimum atomic E-state index is -0.305. The number of allylic oxidation sites excluding steroid dienone is 4. The van der Waals surface area contributed by atoms with E-state index in [0.717, 1.165) is 44.9 Å². The van der Waals surface area contributed by atoms with Crippen LogP contribution >= 0.6 is 0 Å². The summed E-state index contributed by atoms with van der Waals surface area (Å²) in [5.41, 5.74) is 4.46. The van der Waals surface area contributed by atoms with Crippen LogP contribution in [0.15, 0.2) is 22.8 Å². The molecular formula is C20H26O3. The van der Waals surface area contributed by atoms with Crippen molar-refractivity contribution in [3.05, 3.63) is 22.8 Å². The Kier molecular flexibility index (Phi) is 3.60. The van der Waals surface area contributed by atoms with Gasteiger partial charge in [0.05, 0.1) is 0 Å². The van der Waals surface area contributed by atoms with Crippen LogP contribution in [0, 0.1) is 23.2 Å². The van der Waals surface area contributed by atoms with Crippen LogP contribution in [0.5, 0.6) is 0 Å². The van der Waals surface area contributed by atoms with Gasteiger partial charge >= 0.3 is 0 Å². The third-order valence-corrected chi connectivity index (χ3v) is 7.28. The summed E-state index contributed by atoms with van der Waals surface area (Å²) in [6.07, 6.45) is 9.86. The average Bonchev–Trinajstić information content (AvgIpc) is 2.90. The van der Waals surface area contributed by atoms with Crippen molar-refractivity contribution < 1.29 is 14.7 Å². The summed E-state index contributed by atoms with van der Waals surface area (Å²) in [6, 6.07) is 0. The Hall–Kier alpha value is -1.22. The highest BCUT2D eigenvalue weighted by molar-refractivity contribution is 5.93. The first kappa shape index (κ1) is 15.3. The second kappa shape index (κ2) is 5.41. The Labute approximate surface area is 137 Å². The number of ketones is 2. The van der Waals surface area contributed by atoms with Gasteiger partial charge in [-0.3, -0.25) is 9.59 Å². The molecule has 0 spiro atoms. The maximum absolute atomic E-state index is 12.2. The van der Waals surface area contributed by atoms with Gasteiger partial charge in [-0.05, 0) is 79.4 Å². The fourth-order valence-corrected chi connectivity index (χ4v) is 6.17. The van der Waals surface area contributed by atoms with Gasteiger partial charge in [-0.15, -0.1) is 0 Å². The molecule has 0 aromatic rings. The van der Waals surface area contributed by atoms with Crippen molar-refractivity contribution >= 4 is 11.6 Å². The molecule has 2 fully saturated rings. The van der Waals surface area contributed by atoms with Crippen molar-refractivity contribution in [3.63, 3.8) is 0 Å². The molecule has 0 aromatic carbocycles. The maximum atomic E-state index is 12.2. The Bertz CT molecular complexity index is 627. The topological polar surface area (TPSA) is 54.4 Å². The van der Waals surface area contributed by atoms with Gasteiger partial charge < -0.3 is 5.11 Å². The number of rotatable bonds is 2. The van der Waals surface area contributed by atoms with Gasteiger partial charge in [0.2, 0.25) is 0 Å². The summed E-state index contributed by atoms with van der Waals surface area (Å²) in [7, 11) is 0. The fraction of sp³-hybridized carbons (Fsp3) is 0.700. The summed E-state index contributed by atoms with van der Waals surface area (Å²) in [5, 5.41) is 9.31. The van der Waals surface area contributed by atoms with Crippen LogP contribution in [0.25, 0.3) is 0 Å². The molecule has 23 heavy (non-hydrogen) atoms. The molecule has 4 aliphatic carbocycles. The molecule has 3 heteroatoms. The number of hydrogen-bond donors (Lipinski definition) is 1. The van der Waals surface area contributed by atoms with Crippen LogP contribution in [0.1, 0.15) is 58.3 Å². The smallest absolute Gasteiger partial charge is 0.161 e. The molecule has 0 radical (unpaired) electrons. The molecule has 4 unspecified atom stereocenters. The zero-order chi connectivity index (χ0) is 16.2. The predicted octanol–water partition coefficient (Wildman–Crippen LogP) is 3.37. The summed E-state index contributed by atoms with van der Waals surface area (Å²) < 4.78 is 0. The molecule has 0 aromatic heterocycles. The zero-order valence-corrected chi connectivity index (χ0v) is 13.9. The molecule has 3 nitrogen and oxygen atoms in total. The van der Waals surface area contributed by atoms with Crippen molar-refractivity contribution in [2.75, 3.05) is 6.61 Å². The van der Waals surface area contributed by atoms with E-state index in [4.69, 9.17) is 0 Å². The largest absolute Gasteiger partial charge is 0.389 e. The van der Waals surface area contributed by atoms with Crippen LogP contribution in [0.2, 0.25) is 0 Å². The number of aliphatic hydroxyl groups is 1. The first-order valence-corrected chi connectivity index (χ1v) is 9.14. The quantitative estimate of drug-likeness (QED) is 0.850. The van der Waals surface area contributed by atoms with E-state index in [9.17, 15) is 14.7 Å². The molecule has 0 saturated heterocycles. The van der Waals surface area contributed by atoms with Gasteiger partial charge in [-0.1, -0.05) is 12.5 Å². The highest BCUT2D eigenvalue weighted by Gasteiger charge is 2.55. The van der Waals surface area contributed by atoms with Gasteiger partial charge in [0.25, 0.3) is 0 Å². The van der Waals surface area contributed by atoms with Crippen molar-refractivity contribution in [1.82, 2.24) is 0 Å². The van der Waals surface area contributed by atoms with Gasteiger partial charge in [-0.2, -0.15) is 0 Å². The van der Waals surface area contributed by atoms with Crippen LogP contribution in [0.4, 0.5) is 0 Å². The van der Waals surface area contributed by atoms with Gasteiger partial charge in [0, 0.05) is 12.3 Å². The number of Topliss-reactive ketones (excluding diaryl/α,β-unsaturated/α-hetero) is 1. The highest BCUT2D eigenvalue weighted by atomic mass is 16.3. The van der Waals surface area contributed by atoms with E-state index in [1.807, 2.05) is 6.08 Å². The van der Waals surface area contributed by atoms with Crippen LogP contribution < -0.4 is 0 Å². The highest BCUT2D eigenvalue weighted by Crippen LogP contribution is 2.62. The first-order chi connectivity index (χ1) is 11.0. The molecule has 1 N–H and O–H groups in total. The Balaban J connectivity index is 1.69. The van der Waals surface area contributed by atoms with Crippen molar-refractivity contribution in [1.29, 1.82) is 0 Å². The number of carbonyl (C=O) groups excluding carboxylic acids is 2. The summed E-state index contributed by atoms with van der Waals surface area (Å²) >= 11 is 0. The van der Waals surface area contributed by atoms with E-state index in [1.54, 1.807) is 5.57 Å². The van der Waals surface area contributed by atoms with E-state index < -0.39 is 0 Å². The first-order valence-electron chi connectivity index (χ1n) is 9.14. The van der Waals surface area contributed by atoms with E-state index in [0.29, 0.717) is 18.3 Å². The van der Waals surface area contributed by atoms with E-state index in [-0.39, 0.29) is 29.5 Å². The monoisotopic (exact) mass is 314 g/mol. The lowest BCUT2D eigenvalue weighted by Crippen LogP contribution is -2.42. The Morgan fingerprint density at radius 1 is 1.22 bits per heavy atom. The standard InChI is InChI=1S/C20H26O3/c1-20-9-8-15-14-5-3-13(22)10-12(14)2-4-16(15)17(20)6-7-18(20)19(23)11-21/h10,16-18,21H,2-9,11H2,1H3. The Morgan fingerprint density at radius 3 is 2.83 bits per heavy atom. The number of carbonyl (C=O) groups is 2. The van der Waals surface area contributed by atoms with Gasteiger partial charge in [0.15, 0.2) is 11.6 Å². The molecule has 0 aliphatic heterocycles. The van der Waals surface area contributed by atoms with Gasteiger partial charge in [-0.25, -0.2) is 0 Å². The number of hydrogen-bond acceptors (Lipinski definition) is 3. The molecule has 4 rings (SSSR count). The predicted molar refractivity (Wildman–Crippen MR) is 87.7 cm³/mol. The number of fused-ring (bicyclic) bond motifs is 4. The summed E-state index contributed by atoms with van der Waals surface area (Å²) in [4.78, 5) is 23.9. The molecule has 4 aliphatic rings. The molecular weight excluding hydrogens is 288 g/mol. The summed E-state index contributed by atoms with van der Waals surface area (Å²) in [6.45, 7) is 1.99. The van der Waals surface area contributed by atoms with Gasteiger partial charge in [0.1, 0.15) is 6.61 Å². The van der Waals surface area contributed by atoms with Crippen molar-refractivity contribution in [2.45, 2.75) is 58.3 Å². The fourth-order valence-electron chi connectivity index (χ4n) is 6.17. The van der Waals surface area contributed by atoms with Crippen molar-refractivity contribution in [3.8, 4) is 0 Å². The van der Waals surface area contributed by atoms with Crippen LogP contribution in [-0.2, 0) is 9.59 Å². The van der Waals surface area contributed by atoms with E-state index >= 15 is 0 Å². The molecule has 2 saturated carbocycles. The minimum absolute atomic E-state index is 0.0470. The van der Waals surface area contributed by atoms with Crippen molar-refractivity contribution in [2.24, 2.45) is 23.2 Å². The minimum Gasteiger partial charge on any atom is -0.389 e. The third-order valence-electron chi connectivity index (χ3n) is 7.28. The molecule has 124 valence electrons. The Morgan fingerprint density at radius 2 is 2.04 bits per heavy atom. The average molecular weight is 314 g/mol. The third kappa shape index (κ3) is 2.20. The zero-order valence-electron chi connectivity index (χ0n) is 13.9. The SMILES string of the molecule is CC12CCC3=C4CCC(=O)C=C4CCC3C1CCC2C(=O)CO. The molecule has 0 heterocycles. The lowest BCUT2D eigenvalue weighted by molar-refractivity contribution is -0.130. The maximum Gasteiger partial charge on any atom is 0.161 e. The summed E-state index contributed by atoms with van der Waals surface area (Å²) in [5.74, 6) is 1.57. The van der Waals surface area contributed by atoms with Crippen LogP contribution in [-0.4, -0.2) is 23.3 Å². The molecule has 0 amide bonds. The van der Waals surface area contributed by atoms with Crippen LogP contribution in [0.3, 0.4) is 0 Å². The van der Waals surface area contributed by atoms with E-state index in [2.05, 4.69) is 6.92 Å². The normalized spacial score (nSPS) is 39.5. The lowest BCUT2D eigenvalue weighted by Gasteiger charge is -2.49. The number of aliphatic hydroxyl groups excluding tert-OH is 1.